The van der Waals surface area contributed by atoms with Crippen LogP contribution in [0.4, 0.5) is 23.2 Å². The molecular formula is C13H17F4N3. The maximum absolute atomic E-state index is 12.9. The molecule has 0 aliphatic carbocycles. The Kier molecular flexibility index (Phi) is 4.49. The smallest absolute Gasteiger partial charge is 0.398 e. The third-order valence-electron chi connectivity index (χ3n) is 3.37. The molecule has 0 radical (unpaired) electrons. The van der Waals surface area contributed by atoms with Gasteiger partial charge in [0, 0.05) is 38.4 Å². The van der Waals surface area contributed by atoms with Gasteiger partial charge in [-0.25, -0.2) is 4.39 Å². The normalized spacial score (nSPS) is 18.4. The highest BCUT2D eigenvalue weighted by Crippen LogP contribution is 2.19. The van der Waals surface area contributed by atoms with Crippen molar-refractivity contribution < 1.29 is 17.6 Å². The number of nitrogens with zero attached hydrogens (tertiary/aromatic N) is 2. The molecule has 1 aliphatic rings. The van der Waals surface area contributed by atoms with Crippen LogP contribution in [0.3, 0.4) is 0 Å². The van der Waals surface area contributed by atoms with Crippen molar-refractivity contribution in [3.8, 4) is 0 Å². The molecule has 0 saturated carbocycles. The fraction of sp³-hybridized carbons (Fsp3) is 0.538. The molecule has 0 bridgehead atoms. The fourth-order valence-electron chi connectivity index (χ4n) is 2.31. The van der Waals surface area contributed by atoms with Gasteiger partial charge in [0.25, 0.3) is 0 Å². The van der Waals surface area contributed by atoms with Crippen LogP contribution in [0, 0.1) is 5.82 Å². The Hall–Kier alpha value is -1.34. The Morgan fingerprint density at radius 1 is 1.05 bits per heavy atom. The second-order valence-corrected chi connectivity index (χ2v) is 5.01. The quantitative estimate of drug-likeness (QED) is 0.683. The first-order valence-corrected chi connectivity index (χ1v) is 6.39. The summed E-state index contributed by atoms with van der Waals surface area (Å²) in [6.45, 7) is 1.52. The molecule has 20 heavy (non-hydrogen) atoms. The summed E-state index contributed by atoms with van der Waals surface area (Å²) < 4.78 is 49.7. The van der Waals surface area contributed by atoms with E-state index in [2.05, 4.69) is 0 Å². The van der Waals surface area contributed by atoms with E-state index >= 15 is 0 Å². The molecule has 1 aromatic carbocycles. The highest BCUT2D eigenvalue weighted by molar-refractivity contribution is 5.46. The summed E-state index contributed by atoms with van der Waals surface area (Å²) in [7, 11) is 0. The minimum atomic E-state index is -4.15. The summed E-state index contributed by atoms with van der Waals surface area (Å²) in [5, 5.41) is 0. The van der Waals surface area contributed by atoms with E-state index in [1.165, 1.54) is 17.0 Å². The van der Waals surface area contributed by atoms with Gasteiger partial charge >= 0.3 is 6.18 Å². The summed E-state index contributed by atoms with van der Waals surface area (Å²) in [6.07, 6.45) is -4.15. The molecule has 112 valence electrons. The second-order valence-electron chi connectivity index (χ2n) is 5.01. The number of nitrogens with two attached hydrogens (primary N) is 1. The van der Waals surface area contributed by atoms with Crippen LogP contribution >= 0.6 is 0 Å². The predicted octanol–water partition coefficient (Wildman–Crippen LogP) is 2.09. The molecule has 1 heterocycles. The molecule has 1 saturated heterocycles. The zero-order valence-electron chi connectivity index (χ0n) is 11.0. The van der Waals surface area contributed by atoms with Crippen LogP contribution in [-0.2, 0) is 6.54 Å². The van der Waals surface area contributed by atoms with Crippen molar-refractivity contribution >= 4 is 5.69 Å². The average Bonchev–Trinajstić information content (AvgIpc) is 2.33. The summed E-state index contributed by atoms with van der Waals surface area (Å²) in [5.41, 5.74) is 6.90. The Morgan fingerprint density at radius 2 is 1.65 bits per heavy atom. The van der Waals surface area contributed by atoms with Crippen LogP contribution in [0.15, 0.2) is 18.2 Å². The minimum Gasteiger partial charge on any atom is -0.398 e. The Balaban J connectivity index is 1.85. The van der Waals surface area contributed by atoms with Crippen LogP contribution in [-0.4, -0.2) is 48.7 Å². The molecule has 0 amide bonds. The summed E-state index contributed by atoms with van der Waals surface area (Å²) >= 11 is 0. The first-order valence-electron chi connectivity index (χ1n) is 6.39. The predicted molar refractivity (Wildman–Crippen MR) is 68.6 cm³/mol. The highest BCUT2D eigenvalue weighted by Gasteiger charge is 2.32. The maximum Gasteiger partial charge on any atom is 0.401 e. The molecule has 2 rings (SSSR count). The van der Waals surface area contributed by atoms with Gasteiger partial charge in [0.2, 0.25) is 0 Å². The van der Waals surface area contributed by atoms with Gasteiger partial charge in [0.15, 0.2) is 0 Å². The van der Waals surface area contributed by atoms with Gasteiger partial charge in [-0.3, -0.25) is 9.80 Å². The first-order chi connectivity index (χ1) is 9.33. The zero-order chi connectivity index (χ0) is 14.8. The Bertz CT molecular complexity index is 453. The van der Waals surface area contributed by atoms with Gasteiger partial charge in [0.1, 0.15) is 5.82 Å². The second kappa shape index (κ2) is 5.97. The van der Waals surface area contributed by atoms with E-state index in [0.717, 1.165) is 5.56 Å². The van der Waals surface area contributed by atoms with Crippen molar-refractivity contribution in [2.45, 2.75) is 12.7 Å². The number of hydrogen-bond acceptors (Lipinski definition) is 3. The molecule has 0 atom stereocenters. The van der Waals surface area contributed by atoms with Crippen molar-refractivity contribution in [3.05, 3.63) is 29.6 Å². The topological polar surface area (TPSA) is 32.5 Å². The standard InChI is InChI=1S/C13H17F4N3/c14-11-2-1-10(12(18)7-11)8-19-3-5-20(6-4-19)9-13(15,16)17/h1-2,7H,3-6,8-9,18H2. The first kappa shape index (κ1) is 15.1. The van der Waals surface area contributed by atoms with Crippen molar-refractivity contribution in [1.29, 1.82) is 0 Å². The molecule has 0 unspecified atom stereocenters. The third-order valence-corrected chi connectivity index (χ3v) is 3.37. The number of halogens is 4. The summed E-state index contributed by atoms with van der Waals surface area (Å²) in [5.74, 6) is -0.388. The monoisotopic (exact) mass is 291 g/mol. The Morgan fingerprint density at radius 3 is 2.20 bits per heavy atom. The lowest BCUT2D eigenvalue weighted by molar-refractivity contribution is -0.149. The van der Waals surface area contributed by atoms with Crippen molar-refractivity contribution in [2.75, 3.05) is 38.5 Å². The van der Waals surface area contributed by atoms with Crippen LogP contribution in [0.5, 0.6) is 0 Å². The lowest BCUT2D eigenvalue weighted by atomic mass is 10.1. The van der Waals surface area contributed by atoms with Crippen molar-refractivity contribution in [1.82, 2.24) is 9.80 Å². The van der Waals surface area contributed by atoms with Gasteiger partial charge in [-0.1, -0.05) is 6.07 Å². The molecule has 3 nitrogen and oxygen atoms in total. The van der Waals surface area contributed by atoms with Crippen LogP contribution < -0.4 is 5.73 Å². The fourth-order valence-corrected chi connectivity index (χ4v) is 2.31. The number of piperazine rings is 1. The van der Waals surface area contributed by atoms with Crippen LogP contribution in [0.1, 0.15) is 5.56 Å². The molecule has 2 N–H and O–H groups in total. The molecule has 1 fully saturated rings. The lowest BCUT2D eigenvalue weighted by Gasteiger charge is -2.35. The molecule has 1 aromatic rings. The van der Waals surface area contributed by atoms with Crippen molar-refractivity contribution in [3.63, 3.8) is 0 Å². The largest absolute Gasteiger partial charge is 0.401 e. The number of anilines is 1. The van der Waals surface area contributed by atoms with Gasteiger partial charge in [-0.15, -0.1) is 0 Å². The van der Waals surface area contributed by atoms with Crippen LogP contribution in [0.25, 0.3) is 0 Å². The zero-order valence-corrected chi connectivity index (χ0v) is 11.0. The van der Waals surface area contributed by atoms with Gasteiger partial charge in [-0.2, -0.15) is 13.2 Å². The maximum atomic E-state index is 12.9. The minimum absolute atomic E-state index is 0.376. The number of nitrogen functional groups attached to an aromatic ring is 1. The van der Waals surface area contributed by atoms with E-state index in [0.29, 0.717) is 38.4 Å². The van der Waals surface area contributed by atoms with Gasteiger partial charge in [-0.05, 0) is 17.7 Å². The summed E-state index contributed by atoms with van der Waals surface area (Å²) in [4.78, 5) is 3.42. The summed E-state index contributed by atoms with van der Waals surface area (Å²) in [6, 6.07) is 4.22. The molecule has 0 spiro atoms. The molecule has 0 aromatic heterocycles. The van der Waals surface area contributed by atoms with E-state index in [-0.39, 0.29) is 5.82 Å². The van der Waals surface area contributed by atoms with Crippen molar-refractivity contribution in [2.24, 2.45) is 0 Å². The van der Waals surface area contributed by atoms with E-state index < -0.39 is 12.7 Å². The van der Waals surface area contributed by atoms with E-state index in [9.17, 15) is 17.6 Å². The van der Waals surface area contributed by atoms with E-state index in [1.54, 1.807) is 6.07 Å². The molecule has 7 heteroatoms. The Labute approximate surface area is 115 Å². The van der Waals surface area contributed by atoms with Crippen LogP contribution in [0.2, 0.25) is 0 Å². The molecular weight excluding hydrogens is 274 g/mol. The SMILES string of the molecule is Nc1cc(F)ccc1CN1CCN(CC(F)(F)F)CC1. The number of benzene rings is 1. The average molecular weight is 291 g/mol. The van der Waals surface area contributed by atoms with E-state index in [1.807, 2.05) is 4.90 Å². The lowest BCUT2D eigenvalue weighted by Crippen LogP contribution is -2.48. The molecule has 1 aliphatic heterocycles. The number of rotatable bonds is 3. The number of hydrogen-bond donors (Lipinski definition) is 1. The van der Waals surface area contributed by atoms with Gasteiger partial charge in [0.05, 0.1) is 6.54 Å². The van der Waals surface area contributed by atoms with E-state index in [4.69, 9.17) is 5.73 Å². The number of alkyl halides is 3. The highest BCUT2D eigenvalue weighted by atomic mass is 19.4. The third kappa shape index (κ3) is 4.35. The van der Waals surface area contributed by atoms with Gasteiger partial charge < -0.3 is 5.73 Å².